The average molecular weight is 198 g/mol. The first kappa shape index (κ1) is 12.0. The molecule has 0 aliphatic carbocycles. The lowest BCUT2D eigenvalue weighted by Crippen LogP contribution is -2.39. The minimum Gasteiger partial charge on any atom is -0.316 e. The van der Waals surface area contributed by atoms with E-state index < -0.39 is 0 Å². The molecule has 1 heterocycles. The zero-order valence-electron chi connectivity index (χ0n) is 10.1. The minimum atomic E-state index is 0.752. The number of nitrogens with one attached hydrogen (secondary N) is 1. The van der Waals surface area contributed by atoms with E-state index in [1.54, 1.807) is 0 Å². The summed E-state index contributed by atoms with van der Waals surface area (Å²) in [6.07, 6.45) is 4.05. The van der Waals surface area contributed by atoms with Crippen LogP contribution in [0.5, 0.6) is 0 Å². The third-order valence-corrected chi connectivity index (χ3v) is 3.43. The first-order valence-electron chi connectivity index (χ1n) is 6.20. The summed E-state index contributed by atoms with van der Waals surface area (Å²) in [6.45, 7) is 11.9. The van der Waals surface area contributed by atoms with Gasteiger partial charge in [-0.3, -0.25) is 0 Å². The SMILES string of the molecule is CCCNCC(C)C(C)N1CCCC1. The van der Waals surface area contributed by atoms with Crippen molar-refractivity contribution in [3.63, 3.8) is 0 Å². The second kappa shape index (κ2) is 6.41. The summed E-state index contributed by atoms with van der Waals surface area (Å²) in [6, 6.07) is 0.752. The fraction of sp³-hybridized carbons (Fsp3) is 1.00. The lowest BCUT2D eigenvalue weighted by Gasteiger charge is -2.29. The van der Waals surface area contributed by atoms with Gasteiger partial charge in [0.2, 0.25) is 0 Å². The number of likely N-dealkylation sites (tertiary alicyclic amines) is 1. The second-order valence-electron chi connectivity index (χ2n) is 4.67. The Morgan fingerprint density at radius 3 is 2.43 bits per heavy atom. The number of hydrogen-bond donors (Lipinski definition) is 1. The minimum absolute atomic E-state index is 0.752. The molecule has 2 atom stereocenters. The molecule has 1 fully saturated rings. The smallest absolute Gasteiger partial charge is 0.0105 e. The van der Waals surface area contributed by atoms with Crippen LogP contribution in [0.3, 0.4) is 0 Å². The van der Waals surface area contributed by atoms with Gasteiger partial charge in [0.1, 0.15) is 0 Å². The molecule has 0 aromatic carbocycles. The van der Waals surface area contributed by atoms with Gasteiger partial charge in [0.05, 0.1) is 0 Å². The van der Waals surface area contributed by atoms with Crippen LogP contribution in [0.4, 0.5) is 0 Å². The predicted molar refractivity (Wildman–Crippen MR) is 62.6 cm³/mol. The largest absolute Gasteiger partial charge is 0.316 e. The zero-order valence-corrected chi connectivity index (χ0v) is 10.1. The topological polar surface area (TPSA) is 15.3 Å². The lowest BCUT2D eigenvalue weighted by molar-refractivity contribution is 0.196. The molecule has 0 saturated carbocycles. The van der Waals surface area contributed by atoms with Crippen LogP contribution in [-0.4, -0.2) is 37.1 Å². The summed E-state index contributed by atoms with van der Waals surface area (Å²) in [5, 5.41) is 3.51. The maximum Gasteiger partial charge on any atom is 0.0105 e. The van der Waals surface area contributed by atoms with Crippen molar-refractivity contribution < 1.29 is 0 Å². The van der Waals surface area contributed by atoms with Gasteiger partial charge in [-0.1, -0.05) is 13.8 Å². The molecule has 0 bridgehead atoms. The summed E-state index contributed by atoms with van der Waals surface area (Å²) in [5.74, 6) is 0.777. The van der Waals surface area contributed by atoms with Crippen LogP contribution in [0.15, 0.2) is 0 Å². The number of hydrogen-bond acceptors (Lipinski definition) is 2. The lowest BCUT2D eigenvalue weighted by atomic mass is 10.0. The van der Waals surface area contributed by atoms with E-state index in [9.17, 15) is 0 Å². The number of nitrogens with zero attached hydrogens (tertiary/aromatic N) is 1. The van der Waals surface area contributed by atoms with Crippen LogP contribution in [0.2, 0.25) is 0 Å². The van der Waals surface area contributed by atoms with Crippen LogP contribution in [0.1, 0.15) is 40.0 Å². The van der Waals surface area contributed by atoms with Crippen LogP contribution in [0.25, 0.3) is 0 Å². The Balaban J connectivity index is 2.17. The Morgan fingerprint density at radius 2 is 1.86 bits per heavy atom. The Bertz CT molecular complexity index is 141. The monoisotopic (exact) mass is 198 g/mol. The van der Waals surface area contributed by atoms with Crippen LogP contribution in [-0.2, 0) is 0 Å². The van der Waals surface area contributed by atoms with E-state index in [0.29, 0.717) is 0 Å². The van der Waals surface area contributed by atoms with E-state index >= 15 is 0 Å². The molecule has 0 spiro atoms. The number of rotatable bonds is 6. The quantitative estimate of drug-likeness (QED) is 0.658. The van der Waals surface area contributed by atoms with Crippen molar-refractivity contribution in [1.29, 1.82) is 0 Å². The van der Waals surface area contributed by atoms with Crippen LogP contribution in [0, 0.1) is 5.92 Å². The molecule has 14 heavy (non-hydrogen) atoms. The molecule has 0 aromatic rings. The van der Waals surface area contributed by atoms with Gasteiger partial charge in [0, 0.05) is 6.04 Å². The van der Waals surface area contributed by atoms with Crippen molar-refractivity contribution >= 4 is 0 Å². The Labute approximate surface area is 89.1 Å². The summed E-state index contributed by atoms with van der Waals surface area (Å²) in [5.41, 5.74) is 0. The third-order valence-electron chi connectivity index (χ3n) is 3.43. The van der Waals surface area contributed by atoms with E-state index in [0.717, 1.165) is 18.5 Å². The van der Waals surface area contributed by atoms with Crippen LogP contribution >= 0.6 is 0 Å². The molecule has 1 aliphatic heterocycles. The zero-order chi connectivity index (χ0) is 10.4. The van der Waals surface area contributed by atoms with Crippen molar-refractivity contribution in [3.8, 4) is 0 Å². The van der Waals surface area contributed by atoms with Gasteiger partial charge in [0.15, 0.2) is 0 Å². The molecule has 0 radical (unpaired) electrons. The van der Waals surface area contributed by atoms with Gasteiger partial charge in [-0.25, -0.2) is 0 Å². The summed E-state index contributed by atoms with van der Waals surface area (Å²) in [7, 11) is 0. The highest BCUT2D eigenvalue weighted by molar-refractivity contribution is 4.77. The molecular weight excluding hydrogens is 172 g/mol. The fourth-order valence-electron chi connectivity index (χ4n) is 2.19. The van der Waals surface area contributed by atoms with Crippen molar-refractivity contribution in [1.82, 2.24) is 10.2 Å². The van der Waals surface area contributed by atoms with Crippen molar-refractivity contribution in [2.45, 2.75) is 46.1 Å². The molecule has 2 unspecified atom stereocenters. The van der Waals surface area contributed by atoms with E-state index in [-0.39, 0.29) is 0 Å². The predicted octanol–water partition coefficient (Wildman–Crippen LogP) is 2.11. The highest BCUT2D eigenvalue weighted by atomic mass is 15.2. The molecule has 1 aliphatic rings. The normalized spacial score (nSPS) is 22.5. The third kappa shape index (κ3) is 3.58. The molecule has 0 aromatic heterocycles. The Hall–Kier alpha value is -0.0800. The van der Waals surface area contributed by atoms with Gasteiger partial charge in [-0.15, -0.1) is 0 Å². The first-order chi connectivity index (χ1) is 6.75. The van der Waals surface area contributed by atoms with E-state index in [1.165, 1.54) is 38.9 Å². The second-order valence-corrected chi connectivity index (χ2v) is 4.67. The van der Waals surface area contributed by atoms with Gasteiger partial charge in [-0.2, -0.15) is 0 Å². The van der Waals surface area contributed by atoms with Crippen molar-refractivity contribution in [2.24, 2.45) is 5.92 Å². The van der Waals surface area contributed by atoms with Crippen LogP contribution < -0.4 is 5.32 Å². The molecule has 0 amide bonds. The molecular formula is C12H26N2. The standard InChI is InChI=1S/C12H26N2/c1-4-7-13-10-11(2)12(3)14-8-5-6-9-14/h11-13H,4-10H2,1-3H3. The first-order valence-corrected chi connectivity index (χ1v) is 6.20. The summed E-state index contributed by atoms with van der Waals surface area (Å²) in [4.78, 5) is 2.64. The maximum absolute atomic E-state index is 3.51. The van der Waals surface area contributed by atoms with E-state index in [1.807, 2.05) is 0 Å². The molecule has 1 rings (SSSR count). The summed E-state index contributed by atoms with van der Waals surface area (Å²) >= 11 is 0. The Morgan fingerprint density at radius 1 is 1.21 bits per heavy atom. The Kier molecular flexibility index (Phi) is 5.49. The molecule has 1 N–H and O–H groups in total. The molecule has 1 saturated heterocycles. The van der Waals surface area contributed by atoms with E-state index in [4.69, 9.17) is 0 Å². The molecule has 2 nitrogen and oxygen atoms in total. The van der Waals surface area contributed by atoms with E-state index in [2.05, 4.69) is 31.0 Å². The van der Waals surface area contributed by atoms with Crippen molar-refractivity contribution in [3.05, 3.63) is 0 Å². The van der Waals surface area contributed by atoms with Crippen molar-refractivity contribution in [2.75, 3.05) is 26.2 Å². The fourth-order valence-corrected chi connectivity index (χ4v) is 2.19. The van der Waals surface area contributed by atoms with Gasteiger partial charge >= 0.3 is 0 Å². The van der Waals surface area contributed by atoms with Gasteiger partial charge < -0.3 is 10.2 Å². The highest BCUT2D eigenvalue weighted by Gasteiger charge is 2.22. The molecule has 84 valence electrons. The van der Waals surface area contributed by atoms with Gasteiger partial charge in [-0.05, 0) is 58.3 Å². The van der Waals surface area contributed by atoms with Gasteiger partial charge in [0.25, 0.3) is 0 Å². The average Bonchev–Trinajstić information content (AvgIpc) is 2.69. The highest BCUT2D eigenvalue weighted by Crippen LogP contribution is 2.16. The maximum atomic E-state index is 3.51. The summed E-state index contributed by atoms with van der Waals surface area (Å²) < 4.78 is 0. The molecule has 2 heteroatoms.